The number of hydrogen-bond donors (Lipinski definition) is 0. The average molecular weight is 238 g/mol. The minimum Gasteiger partial charge on any atom is -0.493 e. The van der Waals surface area contributed by atoms with Crippen molar-refractivity contribution < 1.29 is 13.9 Å². The van der Waals surface area contributed by atoms with Crippen molar-refractivity contribution >= 4 is 28.7 Å². The number of fused-ring (bicyclic) bond motifs is 1. The molecular formula is C11H8ClNO3. The number of rotatable bonds is 3. The number of carbonyl (C=O) groups excluding carboxylic acids is 1. The SMILES string of the molecule is COc1cc(CN=C=O)c(Cl)c2ccoc12. The van der Waals surface area contributed by atoms with Crippen LogP contribution in [0.4, 0.5) is 0 Å². The third-order valence-electron chi connectivity index (χ3n) is 2.25. The quantitative estimate of drug-likeness (QED) is 0.609. The molecule has 0 radical (unpaired) electrons. The lowest BCUT2D eigenvalue weighted by Crippen LogP contribution is -1.89. The van der Waals surface area contributed by atoms with Gasteiger partial charge in [0.25, 0.3) is 0 Å². The van der Waals surface area contributed by atoms with E-state index in [0.29, 0.717) is 21.9 Å². The maximum Gasteiger partial charge on any atom is 0.235 e. The van der Waals surface area contributed by atoms with Crippen molar-refractivity contribution in [3.05, 3.63) is 29.0 Å². The number of ether oxygens (including phenoxy) is 1. The van der Waals surface area contributed by atoms with Crippen LogP contribution in [0, 0.1) is 0 Å². The molecule has 0 aliphatic heterocycles. The molecule has 0 atom stereocenters. The van der Waals surface area contributed by atoms with Crippen LogP contribution in [-0.2, 0) is 11.3 Å². The Kier molecular flexibility index (Phi) is 2.95. The van der Waals surface area contributed by atoms with Gasteiger partial charge in [-0.3, -0.25) is 0 Å². The van der Waals surface area contributed by atoms with Gasteiger partial charge >= 0.3 is 0 Å². The van der Waals surface area contributed by atoms with E-state index >= 15 is 0 Å². The first kappa shape index (κ1) is 10.7. The first-order valence-corrected chi connectivity index (χ1v) is 4.92. The Balaban J connectivity index is 2.65. The Morgan fingerprint density at radius 2 is 2.44 bits per heavy atom. The number of benzene rings is 1. The monoisotopic (exact) mass is 237 g/mol. The summed E-state index contributed by atoms with van der Waals surface area (Å²) in [6.45, 7) is 0.180. The second kappa shape index (κ2) is 4.39. The average Bonchev–Trinajstić information content (AvgIpc) is 2.78. The summed E-state index contributed by atoms with van der Waals surface area (Å²) in [7, 11) is 1.54. The fourth-order valence-electron chi connectivity index (χ4n) is 1.52. The molecule has 16 heavy (non-hydrogen) atoms. The number of methoxy groups -OCH3 is 1. The first-order chi connectivity index (χ1) is 7.77. The highest BCUT2D eigenvalue weighted by atomic mass is 35.5. The first-order valence-electron chi connectivity index (χ1n) is 4.54. The molecule has 0 bridgehead atoms. The third kappa shape index (κ3) is 1.69. The van der Waals surface area contributed by atoms with E-state index in [1.165, 1.54) is 19.5 Å². The summed E-state index contributed by atoms with van der Waals surface area (Å²) in [5.74, 6) is 0.570. The molecule has 0 saturated carbocycles. The molecule has 0 unspecified atom stereocenters. The number of halogens is 1. The van der Waals surface area contributed by atoms with Crippen molar-refractivity contribution in [3.8, 4) is 5.75 Å². The molecule has 0 saturated heterocycles. The molecule has 2 aromatic rings. The molecule has 1 aromatic heterocycles. The minimum atomic E-state index is 0.180. The van der Waals surface area contributed by atoms with E-state index in [1.54, 1.807) is 12.1 Å². The predicted octanol–water partition coefficient (Wildman–Crippen LogP) is 2.93. The molecular weight excluding hydrogens is 230 g/mol. The maximum absolute atomic E-state index is 10.1. The van der Waals surface area contributed by atoms with Gasteiger partial charge in [-0.05, 0) is 17.7 Å². The lowest BCUT2D eigenvalue weighted by molar-refractivity contribution is 0.410. The highest BCUT2D eigenvalue weighted by molar-refractivity contribution is 6.36. The number of hydrogen-bond acceptors (Lipinski definition) is 4. The van der Waals surface area contributed by atoms with Gasteiger partial charge in [0.05, 0.1) is 24.9 Å². The van der Waals surface area contributed by atoms with Gasteiger partial charge in [-0.1, -0.05) is 11.6 Å². The van der Waals surface area contributed by atoms with E-state index < -0.39 is 0 Å². The van der Waals surface area contributed by atoms with Gasteiger partial charge in [0.15, 0.2) is 11.3 Å². The molecule has 0 fully saturated rings. The summed E-state index contributed by atoms with van der Waals surface area (Å²) < 4.78 is 10.4. The molecule has 0 amide bonds. The zero-order valence-corrected chi connectivity index (χ0v) is 9.25. The second-order valence-electron chi connectivity index (χ2n) is 3.12. The summed E-state index contributed by atoms with van der Waals surface area (Å²) in [6, 6.07) is 3.45. The van der Waals surface area contributed by atoms with Crippen LogP contribution < -0.4 is 4.74 Å². The van der Waals surface area contributed by atoms with Crippen LogP contribution in [0.1, 0.15) is 5.56 Å². The molecule has 1 heterocycles. The summed E-state index contributed by atoms with van der Waals surface area (Å²) >= 11 is 6.14. The summed E-state index contributed by atoms with van der Waals surface area (Å²) in [5.41, 5.74) is 1.29. The fourth-order valence-corrected chi connectivity index (χ4v) is 1.78. The van der Waals surface area contributed by atoms with Gasteiger partial charge in [0.2, 0.25) is 6.08 Å². The van der Waals surface area contributed by atoms with Crippen molar-refractivity contribution in [2.45, 2.75) is 6.54 Å². The van der Waals surface area contributed by atoms with Gasteiger partial charge < -0.3 is 9.15 Å². The van der Waals surface area contributed by atoms with E-state index in [2.05, 4.69) is 4.99 Å². The number of nitrogens with zero attached hydrogens (tertiary/aromatic N) is 1. The molecule has 4 nitrogen and oxygen atoms in total. The molecule has 0 aliphatic carbocycles. The number of aliphatic imine (C=N–C) groups is 1. The summed E-state index contributed by atoms with van der Waals surface area (Å²) in [6.07, 6.45) is 3.01. The van der Waals surface area contributed by atoms with Gasteiger partial charge in [-0.25, -0.2) is 9.79 Å². The van der Waals surface area contributed by atoms with E-state index in [0.717, 1.165) is 5.39 Å². The van der Waals surface area contributed by atoms with E-state index in [1.807, 2.05) is 0 Å². The number of furan rings is 1. The van der Waals surface area contributed by atoms with Gasteiger partial charge in [-0.15, -0.1) is 0 Å². The zero-order chi connectivity index (χ0) is 11.5. The van der Waals surface area contributed by atoms with Crippen LogP contribution in [0.2, 0.25) is 5.02 Å². The molecule has 0 aliphatic rings. The fraction of sp³-hybridized carbons (Fsp3) is 0.182. The van der Waals surface area contributed by atoms with Crippen molar-refractivity contribution in [2.24, 2.45) is 4.99 Å². The van der Waals surface area contributed by atoms with Crippen LogP contribution in [-0.4, -0.2) is 13.2 Å². The van der Waals surface area contributed by atoms with Crippen LogP contribution in [0.5, 0.6) is 5.75 Å². The van der Waals surface area contributed by atoms with Gasteiger partial charge in [0.1, 0.15) is 0 Å². The Bertz CT molecular complexity index is 570. The number of isocyanates is 1. The highest BCUT2D eigenvalue weighted by Crippen LogP contribution is 2.35. The maximum atomic E-state index is 10.1. The van der Waals surface area contributed by atoms with E-state index in [-0.39, 0.29) is 6.54 Å². The molecule has 82 valence electrons. The van der Waals surface area contributed by atoms with Crippen LogP contribution >= 0.6 is 11.6 Å². The molecule has 2 rings (SSSR count). The normalized spacial score (nSPS) is 10.1. The topological polar surface area (TPSA) is 51.8 Å². The van der Waals surface area contributed by atoms with Crippen LogP contribution in [0.3, 0.4) is 0 Å². The van der Waals surface area contributed by atoms with Crippen molar-refractivity contribution in [1.29, 1.82) is 0 Å². The Hall–Kier alpha value is -1.77. The van der Waals surface area contributed by atoms with Crippen molar-refractivity contribution in [1.82, 2.24) is 0 Å². The second-order valence-corrected chi connectivity index (χ2v) is 3.50. The predicted molar refractivity (Wildman–Crippen MR) is 59.6 cm³/mol. The minimum absolute atomic E-state index is 0.180. The lowest BCUT2D eigenvalue weighted by atomic mass is 10.1. The lowest BCUT2D eigenvalue weighted by Gasteiger charge is -2.06. The Morgan fingerprint density at radius 3 is 3.12 bits per heavy atom. The summed E-state index contributed by atoms with van der Waals surface area (Å²) in [4.78, 5) is 13.6. The van der Waals surface area contributed by atoms with E-state index in [4.69, 9.17) is 20.8 Å². The molecule has 5 heteroatoms. The smallest absolute Gasteiger partial charge is 0.235 e. The standard InChI is InChI=1S/C11H8ClNO3/c1-15-9-4-7(5-13-6-14)10(12)8-2-3-16-11(8)9/h2-4H,5H2,1H3. The largest absolute Gasteiger partial charge is 0.493 e. The molecule has 1 aromatic carbocycles. The third-order valence-corrected chi connectivity index (χ3v) is 2.69. The molecule has 0 N–H and O–H groups in total. The van der Waals surface area contributed by atoms with Gasteiger partial charge in [-0.2, -0.15) is 0 Å². The highest BCUT2D eigenvalue weighted by Gasteiger charge is 2.13. The molecule has 0 spiro atoms. The summed E-state index contributed by atoms with van der Waals surface area (Å²) in [5, 5.41) is 1.26. The zero-order valence-electron chi connectivity index (χ0n) is 8.49. The van der Waals surface area contributed by atoms with Crippen molar-refractivity contribution in [3.63, 3.8) is 0 Å². The Labute approximate surface area is 96.5 Å². The van der Waals surface area contributed by atoms with Gasteiger partial charge in [0, 0.05) is 5.39 Å². The van der Waals surface area contributed by atoms with Crippen LogP contribution in [0.25, 0.3) is 11.0 Å². The Morgan fingerprint density at radius 1 is 1.62 bits per heavy atom. The van der Waals surface area contributed by atoms with Crippen molar-refractivity contribution in [2.75, 3.05) is 7.11 Å². The van der Waals surface area contributed by atoms with E-state index in [9.17, 15) is 4.79 Å². The van der Waals surface area contributed by atoms with Crippen LogP contribution in [0.15, 0.2) is 27.8 Å².